The zero-order valence-corrected chi connectivity index (χ0v) is 12.7. The maximum Gasteiger partial charge on any atom is 0.154 e. The number of phenols is 1. The lowest BCUT2D eigenvalue weighted by Crippen LogP contribution is -2.01. The Kier molecular flexibility index (Phi) is 4.01. The van der Waals surface area contributed by atoms with Gasteiger partial charge in [-0.25, -0.2) is 4.98 Å². The summed E-state index contributed by atoms with van der Waals surface area (Å²) >= 11 is 0. The third-order valence-corrected chi connectivity index (χ3v) is 3.43. The van der Waals surface area contributed by atoms with Crippen molar-refractivity contribution < 1.29 is 9.84 Å². The first kappa shape index (κ1) is 14.7. The molecule has 23 heavy (non-hydrogen) atoms. The van der Waals surface area contributed by atoms with Crippen molar-refractivity contribution in [3.8, 4) is 22.8 Å². The Balaban J connectivity index is 1.98. The predicted molar refractivity (Wildman–Crippen MR) is 92.0 cm³/mol. The molecule has 0 saturated carbocycles. The molecule has 0 aliphatic carbocycles. The van der Waals surface area contributed by atoms with Crippen molar-refractivity contribution in [1.29, 1.82) is 0 Å². The molecule has 0 radical (unpaired) electrons. The van der Waals surface area contributed by atoms with E-state index >= 15 is 0 Å². The van der Waals surface area contributed by atoms with Crippen LogP contribution in [0.5, 0.6) is 11.5 Å². The minimum atomic E-state index is 0.195. The number of hydrogen-bond donors (Lipinski definition) is 3. The van der Waals surface area contributed by atoms with Crippen LogP contribution in [-0.4, -0.2) is 17.2 Å². The highest BCUT2D eigenvalue weighted by Crippen LogP contribution is 2.31. The summed E-state index contributed by atoms with van der Waals surface area (Å²) in [7, 11) is 1.61. The van der Waals surface area contributed by atoms with Crippen LogP contribution < -0.4 is 15.8 Å². The Morgan fingerprint density at radius 3 is 2.65 bits per heavy atom. The number of aromatic hydroxyl groups is 1. The standard InChI is InChI=1S/C18H17N3O2/c1-23-17-8-3-2-7-16(17)21-18-14(19)9-10-15(20-18)12-5-4-6-13(22)11-12/h2-11,22H,19H2,1H3,(H,20,21). The van der Waals surface area contributed by atoms with Crippen LogP contribution in [-0.2, 0) is 0 Å². The summed E-state index contributed by atoms with van der Waals surface area (Å²) in [5.74, 6) is 1.44. The highest BCUT2D eigenvalue weighted by atomic mass is 16.5. The van der Waals surface area contributed by atoms with Gasteiger partial charge >= 0.3 is 0 Å². The van der Waals surface area contributed by atoms with E-state index in [1.807, 2.05) is 36.4 Å². The number of nitrogen functional groups attached to an aromatic ring is 1. The van der Waals surface area contributed by atoms with Gasteiger partial charge in [0.15, 0.2) is 5.82 Å². The number of para-hydroxylation sites is 2. The van der Waals surface area contributed by atoms with E-state index in [1.165, 1.54) is 0 Å². The predicted octanol–water partition coefficient (Wildman–Crippen LogP) is 3.79. The second-order valence-electron chi connectivity index (χ2n) is 5.01. The Morgan fingerprint density at radius 1 is 1.04 bits per heavy atom. The van der Waals surface area contributed by atoms with E-state index < -0.39 is 0 Å². The Morgan fingerprint density at radius 2 is 1.87 bits per heavy atom. The third kappa shape index (κ3) is 3.18. The molecule has 0 bridgehead atoms. The van der Waals surface area contributed by atoms with Gasteiger partial charge in [-0.2, -0.15) is 0 Å². The van der Waals surface area contributed by atoms with E-state index in [0.717, 1.165) is 11.3 Å². The first-order valence-electron chi connectivity index (χ1n) is 7.13. The van der Waals surface area contributed by atoms with Gasteiger partial charge in [-0.3, -0.25) is 0 Å². The van der Waals surface area contributed by atoms with Gasteiger partial charge in [0.05, 0.1) is 24.2 Å². The first-order chi connectivity index (χ1) is 11.2. The SMILES string of the molecule is COc1ccccc1Nc1nc(-c2cccc(O)c2)ccc1N. The molecule has 0 spiro atoms. The fourth-order valence-electron chi connectivity index (χ4n) is 2.27. The van der Waals surface area contributed by atoms with Gasteiger partial charge < -0.3 is 20.9 Å². The summed E-state index contributed by atoms with van der Waals surface area (Å²) in [5, 5.41) is 12.8. The summed E-state index contributed by atoms with van der Waals surface area (Å²) in [6, 6.07) is 18.1. The largest absolute Gasteiger partial charge is 0.508 e. The van der Waals surface area contributed by atoms with Crippen molar-refractivity contribution in [3.05, 3.63) is 60.7 Å². The number of nitrogens with zero attached hydrogens (tertiary/aromatic N) is 1. The number of ether oxygens (including phenoxy) is 1. The van der Waals surface area contributed by atoms with Crippen LogP contribution in [0.3, 0.4) is 0 Å². The summed E-state index contributed by atoms with van der Waals surface area (Å²) in [5.41, 5.74) is 8.86. The van der Waals surface area contributed by atoms with E-state index in [1.54, 1.807) is 31.4 Å². The lowest BCUT2D eigenvalue weighted by molar-refractivity contribution is 0.417. The molecule has 0 atom stereocenters. The molecule has 0 saturated heterocycles. The fourth-order valence-corrected chi connectivity index (χ4v) is 2.27. The summed E-state index contributed by atoms with van der Waals surface area (Å²) in [6.07, 6.45) is 0. The second kappa shape index (κ2) is 6.27. The fraction of sp³-hybridized carbons (Fsp3) is 0.0556. The molecule has 0 unspecified atom stereocenters. The van der Waals surface area contributed by atoms with Crippen molar-refractivity contribution in [2.75, 3.05) is 18.2 Å². The summed E-state index contributed by atoms with van der Waals surface area (Å²) in [4.78, 5) is 4.55. The van der Waals surface area contributed by atoms with Crippen molar-refractivity contribution >= 4 is 17.2 Å². The molecule has 1 aromatic heterocycles. The van der Waals surface area contributed by atoms with E-state index in [9.17, 15) is 5.11 Å². The molecule has 5 nitrogen and oxygen atoms in total. The van der Waals surface area contributed by atoms with Crippen LogP contribution in [0.15, 0.2) is 60.7 Å². The molecule has 0 aliphatic heterocycles. The van der Waals surface area contributed by atoms with E-state index in [2.05, 4.69) is 10.3 Å². The molecule has 3 aromatic rings. The zero-order chi connectivity index (χ0) is 16.2. The highest BCUT2D eigenvalue weighted by molar-refractivity contribution is 5.75. The van der Waals surface area contributed by atoms with Crippen molar-refractivity contribution in [1.82, 2.24) is 4.98 Å². The van der Waals surface area contributed by atoms with Crippen molar-refractivity contribution in [2.45, 2.75) is 0 Å². The van der Waals surface area contributed by atoms with Gasteiger partial charge in [-0.15, -0.1) is 0 Å². The van der Waals surface area contributed by atoms with Gasteiger partial charge in [-0.05, 0) is 36.4 Å². The lowest BCUT2D eigenvalue weighted by atomic mass is 10.1. The Labute approximate surface area is 134 Å². The van der Waals surface area contributed by atoms with E-state index in [0.29, 0.717) is 22.9 Å². The molecular formula is C18H17N3O2. The van der Waals surface area contributed by atoms with Crippen LogP contribution in [0.25, 0.3) is 11.3 Å². The topological polar surface area (TPSA) is 80.4 Å². The average molecular weight is 307 g/mol. The van der Waals surface area contributed by atoms with Crippen molar-refractivity contribution in [2.24, 2.45) is 0 Å². The number of nitrogens with two attached hydrogens (primary N) is 1. The second-order valence-corrected chi connectivity index (χ2v) is 5.01. The molecule has 3 rings (SSSR count). The smallest absolute Gasteiger partial charge is 0.154 e. The number of aromatic nitrogens is 1. The molecule has 0 amide bonds. The van der Waals surface area contributed by atoms with Crippen LogP contribution in [0.4, 0.5) is 17.2 Å². The minimum absolute atomic E-state index is 0.195. The number of hydrogen-bond acceptors (Lipinski definition) is 5. The number of nitrogens with one attached hydrogen (secondary N) is 1. The van der Waals surface area contributed by atoms with Gasteiger partial charge in [0.25, 0.3) is 0 Å². The van der Waals surface area contributed by atoms with E-state index in [-0.39, 0.29) is 5.75 Å². The molecular weight excluding hydrogens is 290 g/mol. The number of rotatable bonds is 4. The number of anilines is 3. The zero-order valence-electron chi connectivity index (χ0n) is 12.7. The molecule has 1 heterocycles. The lowest BCUT2D eigenvalue weighted by Gasteiger charge is -2.13. The third-order valence-electron chi connectivity index (χ3n) is 3.43. The van der Waals surface area contributed by atoms with Gasteiger partial charge in [-0.1, -0.05) is 24.3 Å². The quantitative estimate of drug-likeness (QED) is 0.683. The monoisotopic (exact) mass is 307 g/mol. The highest BCUT2D eigenvalue weighted by Gasteiger charge is 2.08. The molecule has 2 aromatic carbocycles. The molecule has 0 fully saturated rings. The van der Waals surface area contributed by atoms with Gasteiger partial charge in [0.2, 0.25) is 0 Å². The maximum atomic E-state index is 9.62. The normalized spacial score (nSPS) is 10.3. The molecule has 0 aliphatic rings. The number of phenolic OH excluding ortho intramolecular Hbond substituents is 1. The number of pyridine rings is 1. The number of methoxy groups -OCH3 is 1. The van der Waals surface area contributed by atoms with Gasteiger partial charge in [0, 0.05) is 5.56 Å². The van der Waals surface area contributed by atoms with Crippen LogP contribution in [0.2, 0.25) is 0 Å². The molecule has 5 heteroatoms. The average Bonchev–Trinajstić information content (AvgIpc) is 2.57. The van der Waals surface area contributed by atoms with Crippen LogP contribution >= 0.6 is 0 Å². The summed E-state index contributed by atoms with van der Waals surface area (Å²) in [6.45, 7) is 0. The Bertz CT molecular complexity index is 834. The van der Waals surface area contributed by atoms with Crippen LogP contribution in [0.1, 0.15) is 0 Å². The maximum absolute atomic E-state index is 9.62. The van der Waals surface area contributed by atoms with Crippen LogP contribution in [0, 0.1) is 0 Å². The molecule has 116 valence electrons. The number of benzene rings is 2. The molecule has 4 N–H and O–H groups in total. The van der Waals surface area contributed by atoms with E-state index in [4.69, 9.17) is 10.5 Å². The van der Waals surface area contributed by atoms with Crippen molar-refractivity contribution in [3.63, 3.8) is 0 Å². The Hall–Kier alpha value is -3.21. The first-order valence-corrected chi connectivity index (χ1v) is 7.13. The summed E-state index contributed by atoms with van der Waals surface area (Å²) < 4.78 is 5.32. The minimum Gasteiger partial charge on any atom is -0.508 e. The van der Waals surface area contributed by atoms with Gasteiger partial charge in [0.1, 0.15) is 11.5 Å².